The van der Waals surface area contributed by atoms with Gasteiger partial charge in [-0.2, -0.15) is 0 Å². The molecular formula is C20H25N3O3. The molecule has 2 aromatic rings. The lowest BCUT2D eigenvalue weighted by Crippen LogP contribution is -2.50. The van der Waals surface area contributed by atoms with Crippen LogP contribution >= 0.6 is 0 Å². The van der Waals surface area contributed by atoms with E-state index in [0.29, 0.717) is 24.7 Å². The molecule has 1 unspecified atom stereocenters. The lowest BCUT2D eigenvalue weighted by molar-refractivity contribution is 0.0818. The first-order valence-corrected chi connectivity index (χ1v) is 9.29. The Morgan fingerprint density at radius 2 is 2.31 bits per heavy atom. The number of aromatic nitrogens is 1. The first-order chi connectivity index (χ1) is 12.5. The van der Waals surface area contributed by atoms with Crippen LogP contribution in [0.1, 0.15) is 53.2 Å². The van der Waals surface area contributed by atoms with E-state index in [0.717, 1.165) is 37.8 Å². The van der Waals surface area contributed by atoms with E-state index >= 15 is 0 Å². The largest absolute Gasteiger partial charge is 0.447 e. The Bertz CT molecular complexity index is 797. The molecule has 138 valence electrons. The van der Waals surface area contributed by atoms with Crippen LogP contribution in [0, 0.1) is 6.92 Å². The minimum atomic E-state index is -0.290. The summed E-state index contributed by atoms with van der Waals surface area (Å²) in [6.45, 7) is 4.03. The second-order valence-corrected chi connectivity index (χ2v) is 7.56. The number of nitrogens with one attached hydrogen (secondary N) is 1. The van der Waals surface area contributed by atoms with Gasteiger partial charge >= 0.3 is 0 Å². The van der Waals surface area contributed by atoms with Crippen molar-refractivity contribution in [3.8, 4) is 0 Å². The average molecular weight is 355 g/mol. The van der Waals surface area contributed by atoms with Gasteiger partial charge in [-0.1, -0.05) is 29.8 Å². The van der Waals surface area contributed by atoms with Crippen LogP contribution in [0.4, 0.5) is 0 Å². The monoisotopic (exact) mass is 355 g/mol. The van der Waals surface area contributed by atoms with Crippen LogP contribution in [0.25, 0.3) is 0 Å². The number of likely N-dealkylation sites (tertiary alicyclic amines) is 1. The molecule has 1 aliphatic carbocycles. The number of amides is 1. The van der Waals surface area contributed by atoms with Gasteiger partial charge in [0, 0.05) is 13.1 Å². The summed E-state index contributed by atoms with van der Waals surface area (Å²) in [7, 11) is 0. The number of rotatable bonds is 5. The SMILES string of the molecule is Cc1cccc(C2(NC(=O)c3coc(CN4CCC(O)C4)n3)CCC2)c1. The summed E-state index contributed by atoms with van der Waals surface area (Å²) >= 11 is 0. The third-order valence-electron chi connectivity index (χ3n) is 5.52. The Morgan fingerprint density at radius 3 is 2.96 bits per heavy atom. The molecule has 2 heterocycles. The molecule has 4 rings (SSSR count). The zero-order valence-electron chi connectivity index (χ0n) is 15.1. The van der Waals surface area contributed by atoms with Crippen molar-refractivity contribution < 1.29 is 14.3 Å². The van der Waals surface area contributed by atoms with Crippen LogP contribution in [0.3, 0.4) is 0 Å². The maximum absolute atomic E-state index is 12.7. The smallest absolute Gasteiger partial charge is 0.273 e. The van der Waals surface area contributed by atoms with Gasteiger partial charge in [-0.05, 0) is 38.2 Å². The minimum Gasteiger partial charge on any atom is -0.447 e. The lowest BCUT2D eigenvalue weighted by atomic mass is 9.71. The Labute approximate surface area is 153 Å². The van der Waals surface area contributed by atoms with Gasteiger partial charge in [0.2, 0.25) is 5.89 Å². The molecule has 2 fully saturated rings. The fraction of sp³-hybridized carbons (Fsp3) is 0.500. The van der Waals surface area contributed by atoms with Crippen LogP contribution in [0.2, 0.25) is 0 Å². The topological polar surface area (TPSA) is 78.6 Å². The second-order valence-electron chi connectivity index (χ2n) is 7.56. The molecule has 6 nitrogen and oxygen atoms in total. The molecule has 1 atom stereocenters. The Hall–Kier alpha value is -2.18. The van der Waals surface area contributed by atoms with Crippen LogP contribution in [0.15, 0.2) is 34.9 Å². The van der Waals surface area contributed by atoms with Gasteiger partial charge in [-0.25, -0.2) is 4.98 Å². The van der Waals surface area contributed by atoms with Crippen LogP contribution in [-0.2, 0) is 12.1 Å². The molecule has 26 heavy (non-hydrogen) atoms. The molecule has 1 amide bonds. The standard InChI is InChI=1S/C20H25N3O3/c1-14-4-2-5-15(10-14)20(7-3-8-20)22-19(25)17-13-26-18(21-17)12-23-9-6-16(24)11-23/h2,4-5,10,13,16,24H,3,6-9,11-12H2,1H3,(H,22,25). The van der Waals surface area contributed by atoms with Crippen molar-refractivity contribution >= 4 is 5.91 Å². The summed E-state index contributed by atoms with van der Waals surface area (Å²) in [5.41, 5.74) is 2.38. The number of aliphatic hydroxyl groups excluding tert-OH is 1. The predicted octanol–water partition coefficient (Wildman–Crippen LogP) is 2.36. The first-order valence-electron chi connectivity index (χ1n) is 9.29. The number of carbonyl (C=O) groups is 1. The van der Waals surface area contributed by atoms with Gasteiger partial charge < -0.3 is 14.8 Å². The van der Waals surface area contributed by atoms with Gasteiger partial charge in [-0.15, -0.1) is 0 Å². The molecular weight excluding hydrogens is 330 g/mol. The number of β-amino-alcohol motifs (C(OH)–C–C–N with tert-alkyl or cyclic N) is 1. The number of oxazole rings is 1. The van der Waals surface area contributed by atoms with Gasteiger partial charge in [0.1, 0.15) is 6.26 Å². The Balaban J connectivity index is 1.44. The Kier molecular flexibility index (Phi) is 4.54. The zero-order valence-corrected chi connectivity index (χ0v) is 15.1. The summed E-state index contributed by atoms with van der Waals surface area (Å²) in [4.78, 5) is 19.2. The predicted molar refractivity (Wildman–Crippen MR) is 96.6 cm³/mol. The normalized spacial score (nSPS) is 22.2. The van der Waals surface area contributed by atoms with Crippen molar-refractivity contribution in [2.75, 3.05) is 13.1 Å². The summed E-state index contributed by atoms with van der Waals surface area (Å²) in [6, 6.07) is 8.33. The summed E-state index contributed by atoms with van der Waals surface area (Å²) in [6.07, 6.45) is 4.92. The van der Waals surface area contributed by atoms with E-state index in [4.69, 9.17) is 4.42 Å². The van der Waals surface area contributed by atoms with Gasteiger partial charge in [0.15, 0.2) is 5.69 Å². The molecule has 1 aliphatic heterocycles. The highest BCUT2D eigenvalue weighted by Gasteiger charge is 2.40. The molecule has 2 N–H and O–H groups in total. The summed E-state index contributed by atoms with van der Waals surface area (Å²) in [5, 5.41) is 12.8. The van der Waals surface area contributed by atoms with Crippen molar-refractivity contribution in [3.63, 3.8) is 0 Å². The number of hydrogen-bond donors (Lipinski definition) is 2. The van der Waals surface area contributed by atoms with Crippen molar-refractivity contribution in [2.45, 2.75) is 50.8 Å². The molecule has 0 spiro atoms. The highest BCUT2D eigenvalue weighted by Crippen LogP contribution is 2.41. The fourth-order valence-corrected chi connectivity index (χ4v) is 3.88. The molecule has 6 heteroatoms. The molecule has 2 aliphatic rings. The van der Waals surface area contributed by atoms with Crippen LogP contribution in [-0.4, -0.2) is 40.1 Å². The Morgan fingerprint density at radius 1 is 1.46 bits per heavy atom. The summed E-state index contributed by atoms with van der Waals surface area (Å²) in [5.74, 6) is 0.324. The molecule has 1 aromatic carbocycles. The number of aliphatic hydroxyl groups is 1. The van der Waals surface area contributed by atoms with E-state index in [1.165, 1.54) is 11.8 Å². The number of carbonyl (C=O) groups excluding carboxylic acids is 1. The second kappa shape index (κ2) is 6.85. The summed E-state index contributed by atoms with van der Waals surface area (Å²) < 4.78 is 5.48. The van der Waals surface area contributed by atoms with Crippen molar-refractivity contribution in [3.05, 3.63) is 53.2 Å². The number of benzene rings is 1. The van der Waals surface area contributed by atoms with Crippen molar-refractivity contribution in [1.82, 2.24) is 15.2 Å². The zero-order chi connectivity index (χ0) is 18.1. The van der Waals surface area contributed by atoms with E-state index in [1.807, 2.05) is 6.07 Å². The molecule has 1 saturated heterocycles. The number of aryl methyl sites for hydroxylation is 1. The van der Waals surface area contributed by atoms with Crippen LogP contribution < -0.4 is 5.32 Å². The maximum atomic E-state index is 12.7. The third kappa shape index (κ3) is 3.39. The van der Waals surface area contributed by atoms with Gasteiger partial charge in [0.25, 0.3) is 5.91 Å². The lowest BCUT2D eigenvalue weighted by Gasteiger charge is -2.43. The van der Waals surface area contributed by atoms with Gasteiger partial charge in [-0.3, -0.25) is 9.69 Å². The minimum absolute atomic E-state index is 0.192. The molecule has 1 saturated carbocycles. The van der Waals surface area contributed by atoms with E-state index in [1.54, 1.807) is 0 Å². The number of hydrogen-bond acceptors (Lipinski definition) is 5. The van der Waals surface area contributed by atoms with E-state index in [9.17, 15) is 9.90 Å². The first kappa shape index (κ1) is 17.2. The maximum Gasteiger partial charge on any atom is 0.273 e. The van der Waals surface area contributed by atoms with Crippen molar-refractivity contribution in [2.24, 2.45) is 0 Å². The van der Waals surface area contributed by atoms with Crippen LogP contribution in [0.5, 0.6) is 0 Å². The van der Waals surface area contributed by atoms with E-state index in [-0.39, 0.29) is 17.6 Å². The van der Waals surface area contributed by atoms with E-state index < -0.39 is 0 Å². The number of nitrogens with zero attached hydrogens (tertiary/aromatic N) is 2. The quantitative estimate of drug-likeness (QED) is 0.861. The fourth-order valence-electron chi connectivity index (χ4n) is 3.88. The third-order valence-corrected chi connectivity index (χ3v) is 5.52. The highest BCUT2D eigenvalue weighted by atomic mass is 16.3. The average Bonchev–Trinajstić information content (AvgIpc) is 3.20. The van der Waals surface area contributed by atoms with Crippen molar-refractivity contribution in [1.29, 1.82) is 0 Å². The van der Waals surface area contributed by atoms with E-state index in [2.05, 4.69) is 40.3 Å². The highest BCUT2D eigenvalue weighted by molar-refractivity contribution is 5.92. The van der Waals surface area contributed by atoms with Gasteiger partial charge in [0.05, 0.1) is 18.2 Å². The molecule has 0 radical (unpaired) electrons. The molecule has 1 aromatic heterocycles. The molecule has 0 bridgehead atoms.